The van der Waals surface area contributed by atoms with Crippen molar-refractivity contribution in [3.05, 3.63) is 35.9 Å². The van der Waals surface area contributed by atoms with Gasteiger partial charge in [0.1, 0.15) is 5.54 Å². The summed E-state index contributed by atoms with van der Waals surface area (Å²) in [4.78, 5) is 38.9. The van der Waals surface area contributed by atoms with E-state index < -0.39 is 11.5 Å². The molecule has 2 fully saturated rings. The van der Waals surface area contributed by atoms with E-state index in [2.05, 4.69) is 5.32 Å². The molecule has 2 amide bonds. The Morgan fingerprint density at radius 2 is 1.73 bits per heavy atom. The second kappa shape index (κ2) is 7.89. The lowest BCUT2D eigenvalue weighted by Crippen LogP contribution is -2.58. The van der Waals surface area contributed by atoms with E-state index in [1.807, 2.05) is 18.2 Å². The van der Waals surface area contributed by atoms with Crippen LogP contribution in [0.5, 0.6) is 0 Å². The number of carbonyl (C=O) groups excluding carboxylic acids is 2. The van der Waals surface area contributed by atoms with Gasteiger partial charge in [0.2, 0.25) is 5.91 Å². The molecule has 1 aromatic carbocycles. The Morgan fingerprint density at radius 1 is 1.04 bits per heavy atom. The molecule has 1 saturated carbocycles. The highest BCUT2D eigenvalue weighted by Gasteiger charge is 2.42. The van der Waals surface area contributed by atoms with Crippen molar-refractivity contribution < 1.29 is 19.5 Å². The van der Waals surface area contributed by atoms with Gasteiger partial charge in [-0.2, -0.15) is 0 Å². The third-order valence-electron chi connectivity index (χ3n) is 5.58. The highest BCUT2D eigenvalue weighted by atomic mass is 16.4. The third kappa shape index (κ3) is 3.89. The molecule has 6 nitrogen and oxygen atoms in total. The third-order valence-corrected chi connectivity index (χ3v) is 5.58. The van der Waals surface area contributed by atoms with Gasteiger partial charge in [-0.1, -0.05) is 37.5 Å². The molecule has 0 spiro atoms. The van der Waals surface area contributed by atoms with E-state index >= 15 is 0 Å². The molecular formula is C20H26N2O4. The van der Waals surface area contributed by atoms with Crippen molar-refractivity contribution in [2.24, 2.45) is 5.92 Å². The number of benzene rings is 1. The maximum Gasteiger partial charge on any atom is 0.329 e. The molecule has 26 heavy (non-hydrogen) atoms. The lowest BCUT2D eigenvalue weighted by atomic mass is 9.81. The number of carboxylic acid groups (broad SMARTS) is 1. The fourth-order valence-electron chi connectivity index (χ4n) is 4.02. The van der Waals surface area contributed by atoms with E-state index in [4.69, 9.17) is 0 Å². The lowest BCUT2D eigenvalue weighted by Gasteiger charge is -2.37. The molecule has 1 aliphatic carbocycles. The molecular weight excluding hydrogens is 332 g/mol. The largest absolute Gasteiger partial charge is 0.480 e. The smallest absolute Gasteiger partial charge is 0.329 e. The molecule has 0 bridgehead atoms. The number of rotatable bonds is 4. The van der Waals surface area contributed by atoms with Crippen LogP contribution in [0.3, 0.4) is 0 Å². The van der Waals surface area contributed by atoms with Crippen LogP contribution < -0.4 is 5.32 Å². The number of nitrogens with one attached hydrogen (secondary N) is 1. The van der Waals surface area contributed by atoms with Crippen molar-refractivity contribution in [2.45, 2.75) is 50.5 Å². The standard InChI is InChI=1S/C20H26N2O4/c23-17(21-20(19(25)26)11-5-2-6-12-20)16-10-7-13-22(14-16)18(24)15-8-3-1-4-9-15/h1,3-4,8-9,16H,2,5-7,10-14H2,(H,21,23)(H,25,26). The Bertz CT molecular complexity index is 668. The Hall–Kier alpha value is -2.37. The highest BCUT2D eigenvalue weighted by Crippen LogP contribution is 2.29. The van der Waals surface area contributed by atoms with Gasteiger partial charge in [-0.05, 0) is 37.8 Å². The first-order valence-electron chi connectivity index (χ1n) is 9.42. The molecule has 0 aromatic heterocycles. The molecule has 140 valence electrons. The second-order valence-electron chi connectivity index (χ2n) is 7.39. The number of likely N-dealkylation sites (tertiary alicyclic amines) is 1. The molecule has 1 heterocycles. The van der Waals surface area contributed by atoms with Gasteiger partial charge in [0.05, 0.1) is 5.92 Å². The van der Waals surface area contributed by atoms with E-state index in [1.54, 1.807) is 17.0 Å². The summed E-state index contributed by atoms with van der Waals surface area (Å²) < 4.78 is 0. The van der Waals surface area contributed by atoms with Crippen LogP contribution in [0.2, 0.25) is 0 Å². The second-order valence-corrected chi connectivity index (χ2v) is 7.39. The quantitative estimate of drug-likeness (QED) is 0.865. The average Bonchev–Trinajstić information content (AvgIpc) is 2.68. The first-order chi connectivity index (χ1) is 12.5. The summed E-state index contributed by atoms with van der Waals surface area (Å²) in [6.45, 7) is 0.969. The molecule has 2 N–H and O–H groups in total. The maximum absolute atomic E-state index is 12.8. The van der Waals surface area contributed by atoms with Gasteiger partial charge in [0, 0.05) is 18.7 Å². The van der Waals surface area contributed by atoms with Crippen molar-refractivity contribution in [3.8, 4) is 0 Å². The van der Waals surface area contributed by atoms with E-state index in [0.29, 0.717) is 37.9 Å². The van der Waals surface area contributed by atoms with Crippen molar-refractivity contribution in [3.63, 3.8) is 0 Å². The molecule has 1 atom stereocenters. The van der Waals surface area contributed by atoms with E-state index in [-0.39, 0.29) is 17.7 Å². The van der Waals surface area contributed by atoms with Gasteiger partial charge in [0.15, 0.2) is 0 Å². The zero-order chi connectivity index (χ0) is 18.6. The fourth-order valence-corrected chi connectivity index (χ4v) is 4.02. The Kier molecular flexibility index (Phi) is 5.59. The summed E-state index contributed by atoms with van der Waals surface area (Å²) in [6.07, 6.45) is 5.02. The molecule has 1 aromatic rings. The minimum Gasteiger partial charge on any atom is -0.480 e. The van der Waals surface area contributed by atoms with Crippen LogP contribution in [-0.2, 0) is 9.59 Å². The zero-order valence-electron chi connectivity index (χ0n) is 14.9. The Labute approximate surface area is 153 Å². The number of hydrogen-bond donors (Lipinski definition) is 2. The van der Waals surface area contributed by atoms with Crippen LogP contribution in [-0.4, -0.2) is 46.4 Å². The number of piperidine rings is 1. The predicted octanol–water partition coefficient (Wildman–Crippen LogP) is 2.44. The van der Waals surface area contributed by atoms with Gasteiger partial charge >= 0.3 is 5.97 Å². The predicted molar refractivity (Wildman–Crippen MR) is 96.7 cm³/mol. The van der Waals surface area contributed by atoms with Gasteiger partial charge in [-0.25, -0.2) is 4.79 Å². The molecule has 1 aliphatic heterocycles. The van der Waals surface area contributed by atoms with Gasteiger partial charge in [0.25, 0.3) is 5.91 Å². The monoisotopic (exact) mass is 358 g/mol. The Balaban J connectivity index is 1.66. The zero-order valence-corrected chi connectivity index (χ0v) is 14.9. The van der Waals surface area contributed by atoms with Gasteiger partial charge in [-0.15, -0.1) is 0 Å². The normalized spacial score (nSPS) is 22.5. The maximum atomic E-state index is 12.8. The lowest BCUT2D eigenvalue weighted by molar-refractivity contribution is -0.150. The molecule has 3 rings (SSSR count). The minimum atomic E-state index is -1.14. The first-order valence-corrected chi connectivity index (χ1v) is 9.42. The van der Waals surface area contributed by atoms with Crippen LogP contribution >= 0.6 is 0 Å². The fraction of sp³-hybridized carbons (Fsp3) is 0.550. The Morgan fingerprint density at radius 3 is 2.38 bits per heavy atom. The van der Waals surface area contributed by atoms with Crippen LogP contribution in [0.4, 0.5) is 0 Å². The summed E-state index contributed by atoms with van der Waals surface area (Å²) >= 11 is 0. The summed E-state index contributed by atoms with van der Waals surface area (Å²) in [6, 6.07) is 9.04. The van der Waals surface area contributed by atoms with Crippen molar-refractivity contribution in [1.29, 1.82) is 0 Å². The summed E-state index contributed by atoms with van der Waals surface area (Å²) in [5.74, 6) is -1.61. The molecule has 2 aliphatic rings. The van der Waals surface area contributed by atoms with Crippen LogP contribution in [0.25, 0.3) is 0 Å². The highest BCUT2D eigenvalue weighted by molar-refractivity contribution is 5.95. The van der Waals surface area contributed by atoms with Crippen LogP contribution in [0, 0.1) is 5.92 Å². The summed E-state index contributed by atoms with van der Waals surface area (Å²) in [5.41, 5.74) is -0.524. The molecule has 6 heteroatoms. The summed E-state index contributed by atoms with van der Waals surface area (Å²) in [5, 5.41) is 12.5. The van der Waals surface area contributed by atoms with E-state index in [1.165, 1.54) is 0 Å². The van der Waals surface area contributed by atoms with Crippen molar-refractivity contribution in [2.75, 3.05) is 13.1 Å². The van der Waals surface area contributed by atoms with Crippen molar-refractivity contribution >= 4 is 17.8 Å². The van der Waals surface area contributed by atoms with E-state index in [0.717, 1.165) is 25.7 Å². The number of amides is 2. The number of hydrogen-bond acceptors (Lipinski definition) is 3. The number of carboxylic acids is 1. The number of nitrogens with zero attached hydrogens (tertiary/aromatic N) is 1. The number of carbonyl (C=O) groups is 3. The van der Waals surface area contributed by atoms with Gasteiger partial charge in [-0.3, -0.25) is 9.59 Å². The summed E-state index contributed by atoms with van der Waals surface area (Å²) in [7, 11) is 0. The average molecular weight is 358 g/mol. The van der Waals surface area contributed by atoms with Crippen molar-refractivity contribution in [1.82, 2.24) is 10.2 Å². The molecule has 0 radical (unpaired) electrons. The first kappa shape index (κ1) is 18.4. The SMILES string of the molecule is O=C(NC1(C(=O)O)CCCCC1)C1CCCN(C(=O)c2ccccc2)C1. The van der Waals surface area contributed by atoms with Crippen LogP contribution in [0.15, 0.2) is 30.3 Å². The topological polar surface area (TPSA) is 86.7 Å². The minimum absolute atomic E-state index is 0.0753. The van der Waals surface area contributed by atoms with E-state index in [9.17, 15) is 19.5 Å². The molecule has 1 saturated heterocycles. The number of aliphatic carboxylic acids is 1. The molecule has 1 unspecified atom stereocenters. The van der Waals surface area contributed by atoms with Crippen LogP contribution in [0.1, 0.15) is 55.3 Å². The van der Waals surface area contributed by atoms with Gasteiger partial charge < -0.3 is 15.3 Å².